The molecule has 0 saturated carbocycles. The van der Waals surface area contributed by atoms with E-state index in [1.54, 1.807) is 0 Å². The highest BCUT2D eigenvalue weighted by Crippen LogP contribution is 2.32. The first-order chi connectivity index (χ1) is 10.6. The van der Waals surface area contributed by atoms with Crippen LogP contribution in [-0.2, 0) is 7.05 Å². The second-order valence-corrected chi connectivity index (χ2v) is 5.76. The Bertz CT molecular complexity index is 1010. The normalized spacial score (nSPS) is 11.4. The first-order valence-corrected chi connectivity index (χ1v) is 7.39. The zero-order valence-corrected chi connectivity index (χ0v) is 12.9. The Labute approximate surface area is 128 Å². The molecule has 1 aromatic carbocycles. The fourth-order valence-corrected chi connectivity index (χ4v) is 2.97. The van der Waals surface area contributed by atoms with E-state index in [4.69, 9.17) is 4.42 Å². The Hall–Kier alpha value is -2.68. The van der Waals surface area contributed by atoms with E-state index in [0.29, 0.717) is 0 Å². The lowest BCUT2D eigenvalue weighted by molar-refractivity contribution is -0.660. The summed E-state index contributed by atoms with van der Waals surface area (Å²) in [5.74, 6) is 0. The predicted molar refractivity (Wildman–Crippen MR) is 87.6 cm³/mol. The maximum Gasteiger partial charge on any atom is 0.212 e. The van der Waals surface area contributed by atoms with Crippen molar-refractivity contribution in [2.45, 2.75) is 13.8 Å². The van der Waals surface area contributed by atoms with Crippen LogP contribution < -0.4 is 4.57 Å². The van der Waals surface area contributed by atoms with Crippen molar-refractivity contribution in [3.05, 3.63) is 59.9 Å². The highest BCUT2D eigenvalue weighted by Gasteiger charge is 2.16. The highest BCUT2D eigenvalue weighted by atomic mass is 16.3. The molecule has 3 heteroatoms. The van der Waals surface area contributed by atoms with Crippen molar-refractivity contribution in [2.75, 3.05) is 0 Å². The summed E-state index contributed by atoms with van der Waals surface area (Å²) in [7, 11) is 2.06. The summed E-state index contributed by atoms with van der Waals surface area (Å²) in [5, 5.41) is 1.07. The third kappa shape index (κ3) is 1.90. The molecule has 108 valence electrons. The van der Waals surface area contributed by atoms with Gasteiger partial charge in [-0.1, -0.05) is 0 Å². The van der Waals surface area contributed by atoms with E-state index in [0.717, 1.165) is 27.8 Å². The maximum atomic E-state index is 5.94. The van der Waals surface area contributed by atoms with Crippen LogP contribution in [0.3, 0.4) is 0 Å². The van der Waals surface area contributed by atoms with Gasteiger partial charge in [0.15, 0.2) is 11.8 Å². The highest BCUT2D eigenvalue weighted by molar-refractivity contribution is 6.04. The minimum absolute atomic E-state index is 0.842. The second-order valence-electron chi connectivity index (χ2n) is 5.76. The van der Waals surface area contributed by atoms with Crippen molar-refractivity contribution in [1.82, 2.24) is 4.98 Å². The summed E-state index contributed by atoms with van der Waals surface area (Å²) in [4.78, 5) is 4.65. The van der Waals surface area contributed by atoms with Crippen LogP contribution in [0.2, 0.25) is 0 Å². The molecule has 0 amide bonds. The van der Waals surface area contributed by atoms with Crippen LogP contribution in [0, 0.1) is 13.8 Å². The van der Waals surface area contributed by atoms with Gasteiger partial charge in [-0.2, -0.15) is 0 Å². The SMILES string of the molecule is Cc1ccc2oc3cc(C)c(-c4cccc[n+]4C)cc3c2n1. The third-order valence-electron chi connectivity index (χ3n) is 4.13. The van der Waals surface area contributed by atoms with Gasteiger partial charge in [-0.05, 0) is 49.7 Å². The number of benzene rings is 1. The molecule has 3 heterocycles. The van der Waals surface area contributed by atoms with Gasteiger partial charge in [-0.15, -0.1) is 0 Å². The molecule has 3 aromatic heterocycles. The average molecular weight is 289 g/mol. The Kier molecular flexibility index (Phi) is 2.76. The smallest absolute Gasteiger partial charge is 0.212 e. The minimum Gasteiger partial charge on any atom is -0.454 e. The molecule has 0 fully saturated rings. The number of fused-ring (bicyclic) bond motifs is 3. The zero-order valence-electron chi connectivity index (χ0n) is 12.9. The summed E-state index contributed by atoms with van der Waals surface area (Å²) >= 11 is 0. The van der Waals surface area contributed by atoms with Crippen LogP contribution in [0.1, 0.15) is 11.3 Å². The van der Waals surface area contributed by atoms with E-state index in [1.807, 2.05) is 25.1 Å². The van der Waals surface area contributed by atoms with Gasteiger partial charge in [-0.3, -0.25) is 0 Å². The van der Waals surface area contributed by atoms with Crippen molar-refractivity contribution in [1.29, 1.82) is 0 Å². The molecule has 0 aliphatic rings. The van der Waals surface area contributed by atoms with Crippen LogP contribution in [0.4, 0.5) is 0 Å². The lowest BCUT2D eigenvalue weighted by Crippen LogP contribution is -2.30. The molecule has 0 saturated heterocycles. The van der Waals surface area contributed by atoms with E-state index in [-0.39, 0.29) is 0 Å². The number of pyridine rings is 2. The molecule has 3 nitrogen and oxygen atoms in total. The van der Waals surface area contributed by atoms with Gasteiger partial charge in [0.25, 0.3) is 0 Å². The number of aromatic nitrogens is 2. The minimum atomic E-state index is 0.842. The number of aryl methyl sites for hydroxylation is 3. The van der Waals surface area contributed by atoms with E-state index in [1.165, 1.54) is 16.8 Å². The second kappa shape index (κ2) is 4.67. The molecule has 0 radical (unpaired) electrons. The van der Waals surface area contributed by atoms with Crippen LogP contribution in [-0.4, -0.2) is 4.98 Å². The summed E-state index contributed by atoms with van der Waals surface area (Å²) in [5.41, 5.74) is 7.27. The Balaban J connectivity index is 2.08. The molecule has 0 atom stereocenters. The first kappa shape index (κ1) is 13.0. The summed E-state index contributed by atoms with van der Waals surface area (Å²) in [6, 6.07) is 14.5. The van der Waals surface area contributed by atoms with Gasteiger partial charge in [0.05, 0.1) is 0 Å². The molecule has 4 aromatic rings. The molecule has 4 rings (SSSR count). The summed E-state index contributed by atoms with van der Waals surface area (Å²) in [6.45, 7) is 4.12. The maximum absolute atomic E-state index is 5.94. The van der Waals surface area contributed by atoms with Crippen molar-refractivity contribution in [3.63, 3.8) is 0 Å². The molecular formula is C19H17N2O+. The van der Waals surface area contributed by atoms with Crippen molar-refractivity contribution in [2.24, 2.45) is 7.05 Å². The van der Waals surface area contributed by atoms with Gasteiger partial charge in [0.2, 0.25) is 5.69 Å². The topological polar surface area (TPSA) is 29.9 Å². The van der Waals surface area contributed by atoms with Gasteiger partial charge >= 0.3 is 0 Å². The number of nitrogens with zero attached hydrogens (tertiary/aromatic N) is 2. The predicted octanol–water partition coefficient (Wildman–Crippen LogP) is 4.09. The third-order valence-corrected chi connectivity index (χ3v) is 4.13. The molecule has 0 aliphatic heterocycles. The molecular weight excluding hydrogens is 272 g/mol. The molecule has 0 aliphatic carbocycles. The Morgan fingerprint density at radius 1 is 1.00 bits per heavy atom. The largest absolute Gasteiger partial charge is 0.454 e. The number of rotatable bonds is 1. The van der Waals surface area contributed by atoms with Crippen molar-refractivity contribution >= 4 is 22.1 Å². The van der Waals surface area contributed by atoms with Gasteiger partial charge in [0.1, 0.15) is 18.1 Å². The van der Waals surface area contributed by atoms with Crippen LogP contribution >= 0.6 is 0 Å². The average Bonchev–Trinajstić information content (AvgIpc) is 2.84. The number of hydrogen-bond acceptors (Lipinski definition) is 2. The number of furan rings is 1. The van der Waals surface area contributed by atoms with E-state index >= 15 is 0 Å². The molecule has 0 spiro atoms. The Morgan fingerprint density at radius 3 is 2.68 bits per heavy atom. The molecule has 0 unspecified atom stereocenters. The van der Waals surface area contributed by atoms with E-state index < -0.39 is 0 Å². The fourth-order valence-electron chi connectivity index (χ4n) is 2.97. The first-order valence-electron chi connectivity index (χ1n) is 7.39. The summed E-state index contributed by atoms with van der Waals surface area (Å²) in [6.07, 6.45) is 2.06. The lowest BCUT2D eigenvalue weighted by Gasteiger charge is -2.04. The van der Waals surface area contributed by atoms with Crippen molar-refractivity contribution in [3.8, 4) is 11.3 Å². The molecule has 0 N–H and O–H groups in total. The standard InChI is InChI=1S/C19H17N2O/c1-12-10-18-15(19-17(22-18)8-7-13(2)20-19)11-14(12)16-6-4-5-9-21(16)3/h4-11H,1-3H3/q+1. The molecule has 0 bridgehead atoms. The molecule has 22 heavy (non-hydrogen) atoms. The monoisotopic (exact) mass is 289 g/mol. The lowest BCUT2D eigenvalue weighted by atomic mass is 10.0. The van der Waals surface area contributed by atoms with E-state index in [9.17, 15) is 0 Å². The van der Waals surface area contributed by atoms with Crippen LogP contribution in [0.25, 0.3) is 33.3 Å². The quantitative estimate of drug-likeness (QED) is 0.494. The fraction of sp³-hybridized carbons (Fsp3) is 0.158. The van der Waals surface area contributed by atoms with Gasteiger partial charge in [-0.25, -0.2) is 9.55 Å². The van der Waals surface area contributed by atoms with Crippen molar-refractivity contribution < 1.29 is 8.98 Å². The van der Waals surface area contributed by atoms with Gasteiger partial charge in [0, 0.05) is 28.8 Å². The number of hydrogen-bond donors (Lipinski definition) is 0. The summed E-state index contributed by atoms with van der Waals surface area (Å²) < 4.78 is 8.07. The Morgan fingerprint density at radius 2 is 1.86 bits per heavy atom. The van der Waals surface area contributed by atoms with Crippen LogP contribution in [0.15, 0.2) is 53.1 Å². The van der Waals surface area contributed by atoms with E-state index in [2.05, 4.69) is 54.0 Å². The van der Waals surface area contributed by atoms with Crippen LogP contribution in [0.5, 0.6) is 0 Å². The van der Waals surface area contributed by atoms with Gasteiger partial charge < -0.3 is 4.42 Å². The zero-order chi connectivity index (χ0) is 15.3.